The number of fused-ring (bicyclic) bond motifs is 3. The molecule has 0 saturated carbocycles. The van der Waals surface area contributed by atoms with E-state index in [1.165, 1.54) is 41.2 Å². The van der Waals surface area contributed by atoms with Crippen LogP contribution in [-0.4, -0.2) is 29.1 Å². The summed E-state index contributed by atoms with van der Waals surface area (Å²) in [7, 11) is 0. The molecule has 2 atom stereocenters. The summed E-state index contributed by atoms with van der Waals surface area (Å²) in [6, 6.07) is 11.1. The number of rotatable bonds is 7. The summed E-state index contributed by atoms with van der Waals surface area (Å²) in [5.41, 5.74) is 4.11. The largest absolute Gasteiger partial charge is 0.387 e. The van der Waals surface area contributed by atoms with Crippen LogP contribution in [0.1, 0.15) is 69.2 Å². The van der Waals surface area contributed by atoms with Crippen LogP contribution in [0.2, 0.25) is 0 Å². The van der Waals surface area contributed by atoms with E-state index >= 15 is 0 Å². The van der Waals surface area contributed by atoms with Gasteiger partial charge in [0.15, 0.2) is 0 Å². The molecular weight excluding hydrogens is 342 g/mol. The molecule has 1 aliphatic rings. The highest BCUT2D eigenvalue weighted by molar-refractivity contribution is 5.90. The number of nitrogens with zero attached hydrogens (tertiary/aromatic N) is 1. The van der Waals surface area contributed by atoms with Crippen LogP contribution >= 0.6 is 12.4 Å². The lowest BCUT2D eigenvalue weighted by Crippen LogP contribution is -2.38. The maximum Gasteiger partial charge on any atom is 0.0948 e. The second kappa shape index (κ2) is 9.73. The average molecular weight is 376 g/mol. The molecule has 1 N–H and O–H groups in total. The topological polar surface area (TPSA) is 23.5 Å². The molecule has 2 aromatic rings. The fourth-order valence-electron chi connectivity index (χ4n) is 4.46. The highest BCUT2D eigenvalue weighted by Crippen LogP contribution is 2.35. The van der Waals surface area contributed by atoms with Crippen LogP contribution in [0.25, 0.3) is 10.8 Å². The van der Waals surface area contributed by atoms with Crippen molar-refractivity contribution in [1.82, 2.24) is 4.90 Å². The van der Waals surface area contributed by atoms with Gasteiger partial charge in [0, 0.05) is 6.04 Å². The van der Waals surface area contributed by atoms with Gasteiger partial charge in [0.05, 0.1) is 6.10 Å². The van der Waals surface area contributed by atoms with E-state index in [-0.39, 0.29) is 18.4 Å². The molecule has 3 heteroatoms. The van der Waals surface area contributed by atoms with Crippen molar-refractivity contribution in [2.45, 2.75) is 71.4 Å². The first kappa shape index (κ1) is 21.2. The Labute approximate surface area is 165 Å². The standard InChI is InChI=1S/C23H33NO.ClH/c1-4-14-24(15-5-2)17(3)23(25)22-16-18-10-6-7-11-19(18)20-12-8-9-13-21(20)22;/h8-9,12-13,16-17,23,25H,4-7,10-11,14-15H2,1-3H3;1H. The summed E-state index contributed by atoms with van der Waals surface area (Å²) in [5.74, 6) is 0. The van der Waals surface area contributed by atoms with Crippen LogP contribution in [-0.2, 0) is 12.8 Å². The van der Waals surface area contributed by atoms with E-state index in [0.717, 1.165) is 37.9 Å². The molecule has 3 rings (SSSR count). The average Bonchev–Trinajstić information content (AvgIpc) is 2.66. The number of halogens is 1. The predicted octanol–water partition coefficient (Wildman–Crippen LogP) is 5.68. The zero-order valence-corrected chi connectivity index (χ0v) is 17.3. The first-order valence-corrected chi connectivity index (χ1v) is 10.1. The number of aliphatic hydroxyl groups excluding tert-OH is 1. The van der Waals surface area contributed by atoms with Crippen LogP contribution in [0.3, 0.4) is 0 Å². The lowest BCUT2D eigenvalue weighted by Gasteiger charge is -2.33. The summed E-state index contributed by atoms with van der Waals surface area (Å²) in [6.45, 7) is 8.72. The van der Waals surface area contributed by atoms with Gasteiger partial charge in [-0.15, -0.1) is 12.4 Å². The van der Waals surface area contributed by atoms with Crippen LogP contribution in [0, 0.1) is 0 Å². The van der Waals surface area contributed by atoms with E-state index in [2.05, 4.69) is 56.0 Å². The highest BCUT2D eigenvalue weighted by atomic mass is 35.5. The minimum Gasteiger partial charge on any atom is -0.387 e. The van der Waals surface area contributed by atoms with Crippen molar-refractivity contribution >= 4 is 23.2 Å². The van der Waals surface area contributed by atoms with E-state index in [9.17, 15) is 5.11 Å². The third kappa shape index (κ3) is 4.24. The lowest BCUT2D eigenvalue weighted by molar-refractivity contribution is 0.0585. The third-order valence-electron chi connectivity index (χ3n) is 5.78. The summed E-state index contributed by atoms with van der Waals surface area (Å²) in [4.78, 5) is 2.44. The molecule has 2 unspecified atom stereocenters. The normalized spacial score (nSPS) is 16.2. The molecule has 1 aliphatic carbocycles. The Hall–Kier alpha value is -1.09. The van der Waals surface area contributed by atoms with E-state index in [4.69, 9.17) is 0 Å². The molecule has 0 fully saturated rings. The van der Waals surface area contributed by atoms with E-state index < -0.39 is 6.10 Å². The van der Waals surface area contributed by atoms with Crippen molar-refractivity contribution in [3.63, 3.8) is 0 Å². The Kier molecular flexibility index (Phi) is 7.94. The first-order chi connectivity index (χ1) is 12.2. The fraction of sp³-hybridized carbons (Fsp3) is 0.565. The molecule has 144 valence electrons. The Morgan fingerprint density at radius 2 is 1.62 bits per heavy atom. The van der Waals surface area contributed by atoms with Crippen molar-refractivity contribution in [2.24, 2.45) is 0 Å². The first-order valence-electron chi connectivity index (χ1n) is 10.1. The molecule has 0 spiro atoms. The molecule has 26 heavy (non-hydrogen) atoms. The summed E-state index contributed by atoms with van der Waals surface area (Å²) in [5, 5.41) is 13.9. The SMILES string of the molecule is CCCN(CCC)C(C)C(O)c1cc2c(c3ccccc13)CCCC2.Cl. The molecule has 0 aromatic heterocycles. The Morgan fingerprint density at radius 1 is 1.00 bits per heavy atom. The van der Waals surface area contributed by atoms with Gasteiger partial charge in [-0.1, -0.05) is 44.2 Å². The molecule has 0 saturated heterocycles. The molecule has 2 nitrogen and oxygen atoms in total. The van der Waals surface area contributed by atoms with E-state index in [1.54, 1.807) is 0 Å². The van der Waals surface area contributed by atoms with Crippen molar-refractivity contribution in [2.75, 3.05) is 13.1 Å². The van der Waals surface area contributed by atoms with Gasteiger partial charge in [-0.3, -0.25) is 4.90 Å². The second-order valence-corrected chi connectivity index (χ2v) is 7.58. The Balaban J connectivity index is 0.00000243. The predicted molar refractivity (Wildman–Crippen MR) is 114 cm³/mol. The van der Waals surface area contributed by atoms with Gasteiger partial charge in [-0.25, -0.2) is 0 Å². The number of aryl methyl sites for hydroxylation is 2. The monoisotopic (exact) mass is 375 g/mol. The quantitative estimate of drug-likeness (QED) is 0.672. The molecule has 0 heterocycles. The minimum atomic E-state index is -0.435. The molecular formula is C23H34ClNO. The van der Waals surface area contributed by atoms with Crippen LogP contribution < -0.4 is 0 Å². The van der Waals surface area contributed by atoms with Gasteiger partial charge >= 0.3 is 0 Å². The molecule has 0 bridgehead atoms. The maximum absolute atomic E-state index is 11.3. The highest BCUT2D eigenvalue weighted by Gasteiger charge is 2.25. The number of benzene rings is 2. The van der Waals surface area contributed by atoms with Crippen molar-refractivity contribution in [1.29, 1.82) is 0 Å². The molecule has 0 aliphatic heterocycles. The molecule has 0 radical (unpaired) electrons. The smallest absolute Gasteiger partial charge is 0.0948 e. The van der Waals surface area contributed by atoms with E-state index in [0.29, 0.717) is 0 Å². The zero-order chi connectivity index (χ0) is 17.8. The van der Waals surface area contributed by atoms with Gasteiger partial charge in [-0.05, 0) is 86.0 Å². The van der Waals surface area contributed by atoms with Crippen molar-refractivity contribution in [3.8, 4) is 0 Å². The van der Waals surface area contributed by atoms with Gasteiger partial charge in [0.25, 0.3) is 0 Å². The van der Waals surface area contributed by atoms with Gasteiger partial charge in [0.1, 0.15) is 0 Å². The van der Waals surface area contributed by atoms with Crippen LogP contribution in [0.4, 0.5) is 0 Å². The van der Waals surface area contributed by atoms with Crippen molar-refractivity contribution in [3.05, 3.63) is 47.0 Å². The Bertz CT molecular complexity index is 709. The Morgan fingerprint density at radius 3 is 2.27 bits per heavy atom. The minimum absolute atomic E-state index is 0. The number of hydrogen-bond acceptors (Lipinski definition) is 2. The van der Waals surface area contributed by atoms with Gasteiger partial charge < -0.3 is 5.11 Å². The fourth-order valence-corrected chi connectivity index (χ4v) is 4.46. The van der Waals surface area contributed by atoms with Gasteiger partial charge in [-0.2, -0.15) is 0 Å². The summed E-state index contributed by atoms with van der Waals surface area (Å²) in [6.07, 6.45) is 6.71. The third-order valence-corrected chi connectivity index (χ3v) is 5.78. The summed E-state index contributed by atoms with van der Waals surface area (Å²) < 4.78 is 0. The number of aliphatic hydroxyl groups is 1. The maximum atomic E-state index is 11.3. The second-order valence-electron chi connectivity index (χ2n) is 7.58. The summed E-state index contributed by atoms with van der Waals surface area (Å²) >= 11 is 0. The van der Waals surface area contributed by atoms with E-state index in [1.807, 2.05) is 0 Å². The molecule has 0 amide bonds. The molecule has 2 aromatic carbocycles. The zero-order valence-electron chi connectivity index (χ0n) is 16.5. The van der Waals surface area contributed by atoms with Gasteiger partial charge in [0.2, 0.25) is 0 Å². The lowest BCUT2D eigenvalue weighted by atomic mass is 9.83. The van der Waals surface area contributed by atoms with Crippen LogP contribution in [0.5, 0.6) is 0 Å². The number of hydrogen-bond donors (Lipinski definition) is 1. The van der Waals surface area contributed by atoms with Crippen LogP contribution in [0.15, 0.2) is 30.3 Å². The van der Waals surface area contributed by atoms with Crippen molar-refractivity contribution < 1.29 is 5.11 Å².